The van der Waals surface area contributed by atoms with Crippen molar-refractivity contribution < 1.29 is 9.53 Å². The van der Waals surface area contributed by atoms with Crippen molar-refractivity contribution >= 4 is 5.97 Å². The van der Waals surface area contributed by atoms with Crippen molar-refractivity contribution in [1.29, 1.82) is 0 Å². The maximum absolute atomic E-state index is 11.0. The Kier molecular flexibility index (Phi) is 4.27. The van der Waals surface area contributed by atoms with Crippen LogP contribution in [0.5, 0.6) is 0 Å². The Hall–Kier alpha value is -1.05. The fourth-order valence-corrected chi connectivity index (χ4v) is 0.603. The number of allylic oxidation sites excluding steroid dienone is 1. The van der Waals surface area contributed by atoms with Gasteiger partial charge in [-0.15, -0.1) is 0 Å². The molecule has 0 spiro atoms. The molecule has 2 nitrogen and oxygen atoms in total. The van der Waals surface area contributed by atoms with E-state index in [0.717, 1.165) is 18.3 Å². The molecule has 0 heterocycles. The fraction of sp³-hybridized carbons (Fsp3) is 0.444. The minimum atomic E-state index is -0.306. The second kappa shape index (κ2) is 4.72. The Morgan fingerprint density at radius 2 is 2.09 bits per heavy atom. The topological polar surface area (TPSA) is 26.3 Å². The molecule has 0 rings (SSSR count). The quantitative estimate of drug-likeness (QED) is 0.354. The van der Waals surface area contributed by atoms with Crippen molar-refractivity contribution in [2.75, 3.05) is 0 Å². The largest absolute Gasteiger partial charge is 0.432 e. The van der Waals surface area contributed by atoms with Gasteiger partial charge in [0.2, 0.25) is 0 Å². The number of ether oxygens (including phenoxy) is 1. The fourth-order valence-electron chi connectivity index (χ4n) is 0.603. The Balaban J connectivity index is 4.33. The lowest BCUT2D eigenvalue weighted by molar-refractivity contribution is -0.133. The number of carbonyl (C=O) groups is 1. The molecule has 0 saturated carbocycles. The van der Waals surface area contributed by atoms with Crippen LogP contribution in [0.2, 0.25) is 0 Å². The molecule has 11 heavy (non-hydrogen) atoms. The number of hydrogen-bond donors (Lipinski definition) is 0. The van der Waals surface area contributed by atoms with Gasteiger partial charge in [-0.1, -0.05) is 19.1 Å². The van der Waals surface area contributed by atoms with Crippen LogP contribution >= 0.6 is 0 Å². The van der Waals surface area contributed by atoms with E-state index in [0.29, 0.717) is 5.57 Å². The highest BCUT2D eigenvalue weighted by molar-refractivity contribution is 5.88. The average molecular weight is 154 g/mol. The van der Waals surface area contributed by atoms with Gasteiger partial charge in [0.15, 0.2) is 0 Å². The zero-order valence-corrected chi connectivity index (χ0v) is 7.31. The maximum Gasteiger partial charge on any atom is 0.338 e. The molecule has 0 bridgehead atoms. The van der Waals surface area contributed by atoms with Crippen molar-refractivity contribution in [3.05, 3.63) is 24.0 Å². The Labute approximate surface area is 67.6 Å². The average Bonchev–Trinajstić information content (AvgIpc) is 2.02. The van der Waals surface area contributed by atoms with Crippen LogP contribution in [0.15, 0.2) is 24.0 Å². The molecule has 62 valence electrons. The summed E-state index contributed by atoms with van der Waals surface area (Å²) in [5.41, 5.74) is 1.73. The van der Waals surface area contributed by atoms with Crippen molar-refractivity contribution in [3.63, 3.8) is 0 Å². The molecule has 0 atom stereocenters. The van der Waals surface area contributed by atoms with Gasteiger partial charge in [-0.2, -0.15) is 0 Å². The first-order valence-corrected chi connectivity index (χ1v) is 3.61. The first-order chi connectivity index (χ1) is 5.13. The van der Waals surface area contributed by atoms with E-state index >= 15 is 0 Å². The van der Waals surface area contributed by atoms with E-state index in [2.05, 4.69) is 11.3 Å². The normalized spacial score (nSPS) is 11.9. The van der Waals surface area contributed by atoms with Gasteiger partial charge in [-0.3, -0.25) is 0 Å². The summed E-state index contributed by atoms with van der Waals surface area (Å²) in [7, 11) is 0. The predicted octanol–water partition coefficient (Wildman–Crippen LogP) is 2.42. The molecule has 0 aromatic carbocycles. The maximum atomic E-state index is 11.0. The van der Waals surface area contributed by atoms with Crippen molar-refractivity contribution in [3.8, 4) is 0 Å². The van der Waals surface area contributed by atoms with E-state index in [1.807, 2.05) is 13.8 Å². The minimum Gasteiger partial charge on any atom is -0.432 e. The van der Waals surface area contributed by atoms with Crippen molar-refractivity contribution in [1.82, 2.24) is 0 Å². The van der Waals surface area contributed by atoms with Gasteiger partial charge in [-0.05, 0) is 20.3 Å². The second-order valence-electron chi connectivity index (χ2n) is 2.33. The van der Waals surface area contributed by atoms with Crippen LogP contribution < -0.4 is 0 Å². The van der Waals surface area contributed by atoms with E-state index in [1.54, 1.807) is 6.92 Å². The first kappa shape index (κ1) is 9.95. The SMILES string of the molecule is C=COC(=O)/C(C)=C(\C)CC. The molecule has 0 aliphatic rings. The van der Waals surface area contributed by atoms with Crippen LogP contribution in [0.1, 0.15) is 27.2 Å². The van der Waals surface area contributed by atoms with Gasteiger partial charge in [0.1, 0.15) is 0 Å². The lowest BCUT2D eigenvalue weighted by Gasteiger charge is -2.02. The van der Waals surface area contributed by atoms with E-state index in [1.165, 1.54) is 0 Å². The van der Waals surface area contributed by atoms with Crippen molar-refractivity contribution in [2.45, 2.75) is 27.2 Å². The summed E-state index contributed by atoms with van der Waals surface area (Å²) < 4.78 is 4.59. The minimum absolute atomic E-state index is 0.306. The monoisotopic (exact) mass is 154 g/mol. The standard InChI is InChI=1S/C9H14O2/c1-5-7(3)8(4)9(10)11-6-2/h6H,2,5H2,1,3-4H3/b8-7+. The number of carbonyl (C=O) groups excluding carboxylic acids is 1. The molecule has 0 radical (unpaired) electrons. The first-order valence-electron chi connectivity index (χ1n) is 3.61. The van der Waals surface area contributed by atoms with Gasteiger partial charge < -0.3 is 4.74 Å². The highest BCUT2D eigenvalue weighted by atomic mass is 16.5. The molecular formula is C9H14O2. The molecule has 0 aromatic rings. The molecule has 0 aliphatic heterocycles. The smallest absolute Gasteiger partial charge is 0.338 e. The zero-order valence-electron chi connectivity index (χ0n) is 7.31. The van der Waals surface area contributed by atoms with E-state index in [4.69, 9.17) is 0 Å². The Morgan fingerprint density at radius 3 is 2.45 bits per heavy atom. The molecule has 0 amide bonds. The van der Waals surface area contributed by atoms with Gasteiger partial charge in [0.05, 0.1) is 6.26 Å². The van der Waals surface area contributed by atoms with Crippen molar-refractivity contribution in [2.24, 2.45) is 0 Å². The van der Waals surface area contributed by atoms with Crippen LogP contribution in [-0.4, -0.2) is 5.97 Å². The third-order valence-electron chi connectivity index (χ3n) is 1.67. The van der Waals surface area contributed by atoms with Crippen LogP contribution in [0.3, 0.4) is 0 Å². The second-order valence-corrected chi connectivity index (χ2v) is 2.33. The summed E-state index contributed by atoms with van der Waals surface area (Å²) in [5, 5.41) is 0. The van der Waals surface area contributed by atoms with E-state index < -0.39 is 0 Å². The van der Waals surface area contributed by atoms with Gasteiger partial charge >= 0.3 is 5.97 Å². The van der Waals surface area contributed by atoms with Crippen LogP contribution in [0.25, 0.3) is 0 Å². The Bertz CT molecular complexity index is 190. The molecule has 0 fully saturated rings. The number of rotatable bonds is 3. The summed E-state index contributed by atoms with van der Waals surface area (Å²) in [6.45, 7) is 8.97. The van der Waals surface area contributed by atoms with Gasteiger partial charge in [0.25, 0.3) is 0 Å². The molecule has 0 aliphatic carbocycles. The molecule has 0 N–H and O–H groups in total. The predicted molar refractivity (Wildman–Crippen MR) is 45.0 cm³/mol. The third kappa shape index (κ3) is 3.03. The lowest BCUT2D eigenvalue weighted by Crippen LogP contribution is -2.02. The van der Waals surface area contributed by atoms with Crippen LogP contribution in [-0.2, 0) is 9.53 Å². The molecule has 0 saturated heterocycles. The van der Waals surface area contributed by atoms with E-state index in [-0.39, 0.29) is 5.97 Å². The van der Waals surface area contributed by atoms with Gasteiger partial charge in [-0.25, -0.2) is 4.79 Å². The summed E-state index contributed by atoms with van der Waals surface area (Å²) in [5.74, 6) is -0.306. The molecular weight excluding hydrogens is 140 g/mol. The summed E-state index contributed by atoms with van der Waals surface area (Å²) in [6.07, 6.45) is 2.02. The highest BCUT2D eigenvalue weighted by Gasteiger charge is 2.05. The van der Waals surface area contributed by atoms with Gasteiger partial charge in [0, 0.05) is 5.57 Å². The zero-order chi connectivity index (χ0) is 8.85. The highest BCUT2D eigenvalue weighted by Crippen LogP contribution is 2.08. The van der Waals surface area contributed by atoms with Crippen LogP contribution in [0, 0.1) is 0 Å². The van der Waals surface area contributed by atoms with Crippen LogP contribution in [0.4, 0.5) is 0 Å². The Morgan fingerprint density at radius 1 is 1.55 bits per heavy atom. The lowest BCUT2D eigenvalue weighted by atomic mass is 10.1. The number of esters is 1. The number of hydrogen-bond acceptors (Lipinski definition) is 2. The van der Waals surface area contributed by atoms with E-state index in [9.17, 15) is 4.79 Å². The summed E-state index contributed by atoms with van der Waals surface area (Å²) >= 11 is 0. The summed E-state index contributed by atoms with van der Waals surface area (Å²) in [4.78, 5) is 11.0. The molecule has 2 heteroatoms. The molecule has 0 unspecified atom stereocenters. The summed E-state index contributed by atoms with van der Waals surface area (Å²) in [6, 6.07) is 0. The third-order valence-corrected chi connectivity index (χ3v) is 1.67. The molecule has 0 aromatic heterocycles.